The summed E-state index contributed by atoms with van der Waals surface area (Å²) in [6.45, 7) is 4.73. The summed E-state index contributed by atoms with van der Waals surface area (Å²) < 4.78 is 5.16. The van der Waals surface area contributed by atoms with Crippen LogP contribution in [0.2, 0.25) is 0 Å². The summed E-state index contributed by atoms with van der Waals surface area (Å²) in [6, 6.07) is 0. The first-order chi connectivity index (χ1) is 9.15. The van der Waals surface area contributed by atoms with Gasteiger partial charge in [-0.1, -0.05) is 18.2 Å². The molecule has 0 heterocycles. The number of hydrogen-bond acceptors (Lipinski definition) is 4. The van der Waals surface area contributed by atoms with Crippen molar-refractivity contribution < 1.29 is 19.4 Å². The van der Waals surface area contributed by atoms with E-state index in [0.29, 0.717) is 19.8 Å². The molecule has 2 rings (SSSR count). The fraction of sp³-hybridized carbons (Fsp3) is 0.571. The van der Waals surface area contributed by atoms with Gasteiger partial charge in [0.2, 0.25) is 5.91 Å². The topological polar surface area (TPSA) is 78.5 Å². The Bertz CT molecular complexity index is 404. The number of hydrogen-bond donors (Lipinski definition) is 1. The summed E-state index contributed by atoms with van der Waals surface area (Å²) in [6.07, 6.45) is 6.21. The highest BCUT2D eigenvalue weighted by molar-refractivity contribution is 5.86. The number of ether oxygens (including phenoxy) is 1. The van der Waals surface area contributed by atoms with Gasteiger partial charge < -0.3 is 20.0 Å². The highest BCUT2D eigenvalue weighted by Gasteiger charge is 2.48. The molecule has 5 heteroatoms. The van der Waals surface area contributed by atoms with E-state index < -0.39 is 17.8 Å². The fourth-order valence-corrected chi connectivity index (χ4v) is 3.03. The molecule has 0 spiro atoms. The summed E-state index contributed by atoms with van der Waals surface area (Å²) in [4.78, 5) is 23.2. The maximum atomic E-state index is 12.1. The van der Waals surface area contributed by atoms with Crippen molar-refractivity contribution >= 4 is 11.9 Å². The standard InChI is InChI=1S/C14H19NO4/c1-2-6-19-7-5-15-13(16)11-9-3-4-10(8-9)12(11)14(17)18/h2-4,9-12H,1,5-8H2,(H,15,16)(H,17,18)/p-1/t9-,10+,11+,12+/m1/s1. The smallest absolute Gasteiger partial charge is 0.224 e. The van der Waals surface area contributed by atoms with Gasteiger partial charge in [0.05, 0.1) is 19.1 Å². The predicted molar refractivity (Wildman–Crippen MR) is 66.7 cm³/mol. The van der Waals surface area contributed by atoms with Gasteiger partial charge in [-0.05, 0) is 18.3 Å². The minimum atomic E-state index is -1.13. The summed E-state index contributed by atoms with van der Waals surface area (Å²) in [5.74, 6) is -2.55. The lowest BCUT2D eigenvalue weighted by Gasteiger charge is -2.27. The van der Waals surface area contributed by atoms with E-state index in [1.807, 2.05) is 12.2 Å². The highest BCUT2D eigenvalue weighted by Crippen LogP contribution is 2.47. The van der Waals surface area contributed by atoms with E-state index in [1.54, 1.807) is 6.08 Å². The summed E-state index contributed by atoms with van der Waals surface area (Å²) >= 11 is 0. The fourth-order valence-electron chi connectivity index (χ4n) is 3.03. The van der Waals surface area contributed by atoms with Gasteiger partial charge in [0.1, 0.15) is 0 Å². The maximum Gasteiger partial charge on any atom is 0.224 e. The van der Waals surface area contributed by atoms with Crippen LogP contribution < -0.4 is 10.4 Å². The Morgan fingerprint density at radius 3 is 2.68 bits per heavy atom. The number of carbonyl (C=O) groups is 2. The van der Waals surface area contributed by atoms with Crippen LogP contribution >= 0.6 is 0 Å². The van der Waals surface area contributed by atoms with E-state index in [9.17, 15) is 14.7 Å². The molecule has 0 aromatic heterocycles. The van der Waals surface area contributed by atoms with Gasteiger partial charge >= 0.3 is 0 Å². The van der Waals surface area contributed by atoms with Crippen molar-refractivity contribution in [2.75, 3.05) is 19.8 Å². The van der Waals surface area contributed by atoms with Crippen LogP contribution in [-0.2, 0) is 14.3 Å². The van der Waals surface area contributed by atoms with Crippen LogP contribution in [0.1, 0.15) is 6.42 Å². The lowest BCUT2D eigenvalue weighted by molar-refractivity contribution is -0.313. The normalized spacial score (nSPS) is 31.4. The molecule has 1 amide bonds. The second-order valence-electron chi connectivity index (χ2n) is 4.97. The molecule has 0 saturated heterocycles. The van der Waals surface area contributed by atoms with E-state index >= 15 is 0 Å². The highest BCUT2D eigenvalue weighted by atomic mass is 16.5. The van der Waals surface area contributed by atoms with Gasteiger partial charge in [0, 0.05) is 18.4 Å². The zero-order valence-corrected chi connectivity index (χ0v) is 10.7. The monoisotopic (exact) mass is 264 g/mol. The quantitative estimate of drug-likeness (QED) is 0.496. The number of amides is 1. The molecule has 104 valence electrons. The Morgan fingerprint density at radius 2 is 2.05 bits per heavy atom. The number of carboxylic acids is 1. The Morgan fingerprint density at radius 1 is 1.37 bits per heavy atom. The van der Waals surface area contributed by atoms with Gasteiger partial charge in [-0.15, -0.1) is 6.58 Å². The molecule has 5 nitrogen and oxygen atoms in total. The lowest BCUT2D eigenvalue weighted by Crippen LogP contribution is -2.45. The van der Waals surface area contributed by atoms with Crippen molar-refractivity contribution in [3.63, 3.8) is 0 Å². The van der Waals surface area contributed by atoms with Gasteiger partial charge in [-0.25, -0.2) is 0 Å². The Hall–Kier alpha value is -1.62. The second-order valence-corrected chi connectivity index (χ2v) is 4.97. The SMILES string of the molecule is C=CCOCCNC(=O)[C@@H]1[C@@H](C(=O)[O-])[C@H]2C=C[C@@H]1C2. The zero-order valence-electron chi connectivity index (χ0n) is 10.7. The molecule has 0 aromatic rings. The van der Waals surface area contributed by atoms with E-state index in [-0.39, 0.29) is 17.7 Å². The molecular formula is C14H18NO4-. The second kappa shape index (κ2) is 6.02. The molecule has 0 aliphatic heterocycles. The molecule has 2 bridgehead atoms. The van der Waals surface area contributed by atoms with E-state index in [1.165, 1.54) is 0 Å². The molecule has 0 unspecified atom stereocenters. The van der Waals surface area contributed by atoms with Crippen molar-refractivity contribution in [3.05, 3.63) is 24.8 Å². The molecule has 2 aliphatic rings. The summed E-state index contributed by atoms with van der Waals surface area (Å²) in [5, 5.41) is 13.9. The van der Waals surface area contributed by atoms with Crippen LogP contribution in [0.4, 0.5) is 0 Å². The molecule has 1 fully saturated rings. The van der Waals surface area contributed by atoms with Gasteiger partial charge in [0.15, 0.2) is 0 Å². The third-order valence-electron chi connectivity index (χ3n) is 3.82. The molecular weight excluding hydrogens is 246 g/mol. The van der Waals surface area contributed by atoms with Crippen LogP contribution in [-0.4, -0.2) is 31.6 Å². The predicted octanol–water partition coefficient (Wildman–Crippen LogP) is -0.507. The summed E-state index contributed by atoms with van der Waals surface area (Å²) in [7, 11) is 0. The third kappa shape index (κ3) is 2.87. The molecule has 19 heavy (non-hydrogen) atoms. The van der Waals surface area contributed by atoms with Gasteiger partial charge in [0.25, 0.3) is 0 Å². The van der Waals surface area contributed by atoms with Crippen molar-refractivity contribution in [1.82, 2.24) is 5.32 Å². The minimum Gasteiger partial charge on any atom is -0.550 e. The lowest BCUT2D eigenvalue weighted by atomic mass is 9.82. The van der Waals surface area contributed by atoms with Crippen LogP contribution in [0, 0.1) is 23.7 Å². The number of aliphatic carboxylic acids is 1. The zero-order chi connectivity index (χ0) is 13.8. The van der Waals surface area contributed by atoms with Crippen molar-refractivity contribution in [3.8, 4) is 0 Å². The number of fused-ring (bicyclic) bond motifs is 2. The van der Waals surface area contributed by atoms with Crippen LogP contribution in [0.15, 0.2) is 24.8 Å². The average molecular weight is 264 g/mol. The summed E-state index contributed by atoms with van der Waals surface area (Å²) in [5.41, 5.74) is 0. The largest absolute Gasteiger partial charge is 0.550 e. The Kier molecular flexibility index (Phi) is 4.37. The molecule has 0 radical (unpaired) electrons. The average Bonchev–Trinajstić information content (AvgIpc) is 2.98. The Balaban J connectivity index is 1.86. The maximum absolute atomic E-state index is 12.1. The molecule has 2 aliphatic carbocycles. The molecule has 1 saturated carbocycles. The Labute approximate surface area is 112 Å². The first-order valence-electron chi connectivity index (χ1n) is 6.50. The molecule has 0 aromatic carbocycles. The third-order valence-corrected chi connectivity index (χ3v) is 3.82. The number of allylic oxidation sites excluding steroid dienone is 2. The molecule has 1 N–H and O–H groups in total. The molecule has 4 atom stereocenters. The van der Waals surface area contributed by atoms with Crippen LogP contribution in [0.25, 0.3) is 0 Å². The van der Waals surface area contributed by atoms with Gasteiger partial charge in [-0.3, -0.25) is 4.79 Å². The van der Waals surface area contributed by atoms with Crippen molar-refractivity contribution in [1.29, 1.82) is 0 Å². The van der Waals surface area contributed by atoms with Crippen LogP contribution in [0.5, 0.6) is 0 Å². The minimum absolute atomic E-state index is 0.0296. The number of carboxylic acid groups (broad SMARTS) is 1. The van der Waals surface area contributed by atoms with E-state index in [4.69, 9.17) is 4.74 Å². The number of nitrogens with one attached hydrogen (secondary N) is 1. The first kappa shape index (κ1) is 13.8. The van der Waals surface area contributed by atoms with Crippen molar-refractivity contribution in [2.24, 2.45) is 23.7 Å². The first-order valence-corrected chi connectivity index (χ1v) is 6.50. The van der Waals surface area contributed by atoms with Gasteiger partial charge in [-0.2, -0.15) is 0 Å². The number of rotatable bonds is 7. The van der Waals surface area contributed by atoms with E-state index in [2.05, 4.69) is 11.9 Å². The van der Waals surface area contributed by atoms with Crippen molar-refractivity contribution in [2.45, 2.75) is 6.42 Å². The number of carbonyl (C=O) groups excluding carboxylic acids is 2. The van der Waals surface area contributed by atoms with Crippen LogP contribution in [0.3, 0.4) is 0 Å². The van der Waals surface area contributed by atoms with E-state index in [0.717, 1.165) is 6.42 Å².